The van der Waals surface area contributed by atoms with Gasteiger partial charge < -0.3 is 14.4 Å². The maximum atomic E-state index is 6.96. The van der Waals surface area contributed by atoms with Crippen LogP contribution in [-0.2, 0) is 16.2 Å². The summed E-state index contributed by atoms with van der Waals surface area (Å²) in [4.78, 5) is 15.5. The first-order chi connectivity index (χ1) is 29.4. The van der Waals surface area contributed by atoms with Gasteiger partial charge in [-0.25, -0.2) is 9.97 Å². The molecule has 3 aliphatic rings. The second-order valence-corrected chi connectivity index (χ2v) is 19.1. The third kappa shape index (κ3) is 4.92. The first kappa shape index (κ1) is 36.0. The van der Waals surface area contributed by atoms with E-state index < -0.39 is 0 Å². The summed E-state index contributed by atoms with van der Waals surface area (Å²) in [5.74, 6) is 2.43. The Morgan fingerprint density at radius 3 is 2.15 bits per heavy atom. The average Bonchev–Trinajstić information content (AvgIpc) is 3.84. The number of aromatic nitrogens is 3. The Kier molecular flexibility index (Phi) is 7.30. The number of benzene rings is 6. The van der Waals surface area contributed by atoms with Crippen molar-refractivity contribution in [3.63, 3.8) is 0 Å². The first-order valence-corrected chi connectivity index (χ1v) is 21.4. The highest BCUT2D eigenvalue weighted by Crippen LogP contribution is 2.55. The van der Waals surface area contributed by atoms with Gasteiger partial charge in [0.2, 0.25) is 0 Å². The van der Waals surface area contributed by atoms with Crippen molar-refractivity contribution in [2.75, 3.05) is 9.62 Å². The molecule has 6 nitrogen and oxygen atoms in total. The van der Waals surface area contributed by atoms with Crippen LogP contribution < -0.4 is 19.8 Å². The van der Waals surface area contributed by atoms with E-state index in [1.54, 1.807) is 0 Å². The van der Waals surface area contributed by atoms with Gasteiger partial charge in [-0.3, -0.25) is 4.40 Å². The number of anilines is 4. The Morgan fingerprint density at radius 1 is 0.590 bits per heavy atom. The monoisotopic (exact) mass is 791 g/mol. The highest BCUT2D eigenvalue weighted by molar-refractivity contribution is 6.86. The van der Waals surface area contributed by atoms with Crippen molar-refractivity contribution in [1.29, 1.82) is 0 Å². The lowest BCUT2D eigenvalue weighted by Crippen LogP contribution is -2.55. The van der Waals surface area contributed by atoms with Crippen molar-refractivity contribution < 1.29 is 4.74 Å². The SMILES string of the molecule is CC(C)(C)c1ccnc(N2B3c4ccccc4-c4ccccc4N3c3ccc(Oc4ccc5c(c4)c4nc(-c6ccccc6)c6n4c4c(cccc54)C(C)(C)C6(C)C)cc32)c1. The molecule has 0 bridgehead atoms. The van der Waals surface area contributed by atoms with Crippen molar-refractivity contribution in [2.24, 2.45) is 0 Å². The summed E-state index contributed by atoms with van der Waals surface area (Å²) in [6.45, 7) is 16.2. The molecule has 12 rings (SSSR count). The molecule has 3 aromatic heterocycles. The van der Waals surface area contributed by atoms with Crippen LogP contribution >= 0.6 is 0 Å². The van der Waals surface area contributed by atoms with Gasteiger partial charge in [0.05, 0.1) is 28.3 Å². The fourth-order valence-corrected chi connectivity index (χ4v) is 10.5. The number of nitrogens with zero attached hydrogens (tertiary/aromatic N) is 5. The van der Waals surface area contributed by atoms with Crippen LogP contribution in [0.1, 0.15) is 65.3 Å². The predicted octanol–water partition coefficient (Wildman–Crippen LogP) is 13.0. The molecule has 0 atom stereocenters. The van der Waals surface area contributed by atoms with E-state index in [1.165, 1.54) is 55.4 Å². The quantitative estimate of drug-likeness (QED) is 0.131. The summed E-state index contributed by atoms with van der Waals surface area (Å²) in [6.07, 6.45) is 1.95. The van der Waals surface area contributed by atoms with E-state index in [4.69, 9.17) is 14.7 Å². The lowest BCUT2D eigenvalue weighted by molar-refractivity contribution is 0.289. The van der Waals surface area contributed by atoms with Crippen LogP contribution in [0.15, 0.2) is 152 Å². The molecule has 0 unspecified atom stereocenters. The van der Waals surface area contributed by atoms with Crippen molar-refractivity contribution in [3.05, 3.63) is 169 Å². The van der Waals surface area contributed by atoms with Crippen LogP contribution in [0.3, 0.4) is 0 Å². The van der Waals surface area contributed by atoms with Crippen LogP contribution in [0.4, 0.5) is 22.9 Å². The minimum absolute atomic E-state index is 0.0432. The zero-order valence-corrected chi connectivity index (χ0v) is 35.7. The number of ether oxygens (including phenoxy) is 1. The lowest BCUT2D eigenvalue weighted by atomic mass is 9.59. The predicted molar refractivity (Wildman–Crippen MR) is 253 cm³/mol. The van der Waals surface area contributed by atoms with Gasteiger partial charge in [0, 0.05) is 50.7 Å². The lowest BCUT2D eigenvalue weighted by Gasteiger charge is -2.46. The van der Waals surface area contributed by atoms with E-state index in [0.717, 1.165) is 51.0 Å². The Morgan fingerprint density at radius 2 is 1.33 bits per heavy atom. The number of pyridine rings is 2. The molecule has 6 heterocycles. The Bertz CT molecular complexity index is 3310. The molecule has 0 aliphatic carbocycles. The summed E-state index contributed by atoms with van der Waals surface area (Å²) >= 11 is 0. The van der Waals surface area contributed by atoms with Crippen molar-refractivity contribution in [3.8, 4) is 33.9 Å². The molecule has 0 spiro atoms. The number of imidazole rings is 1. The van der Waals surface area contributed by atoms with Gasteiger partial charge in [0.15, 0.2) is 0 Å². The zero-order valence-electron chi connectivity index (χ0n) is 35.7. The van der Waals surface area contributed by atoms with E-state index >= 15 is 0 Å². The number of fused-ring (bicyclic) bond motifs is 11. The van der Waals surface area contributed by atoms with E-state index in [-0.39, 0.29) is 23.2 Å². The molecule has 0 radical (unpaired) electrons. The summed E-state index contributed by atoms with van der Waals surface area (Å²) in [6, 6.07) is 52.5. The summed E-state index contributed by atoms with van der Waals surface area (Å²) in [5.41, 5.74) is 14.9. The zero-order chi connectivity index (χ0) is 41.6. The number of hydrogen-bond acceptors (Lipinski definition) is 5. The molecule has 0 amide bonds. The Hall–Kier alpha value is -6.86. The van der Waals surface area contributed by atoms with Crippen LogP contribution in [0.25, 0.3) is 49.7 Å². The van der Waals surface area contributed by atoms with Gasteiger partial charge in [0.1, 0.15) is 23.0 Å². The summed E-state index contributed by atoms with van der Waals surface area (Å²) in [7, 11) is 0. The highest BCUT2D eigenvalue weighted by atomic mass is 16.5. The topological polar surface area (TPSA) is 45.9 Å². The van der Waals surface area contributed by atoms with E-state index in [2.05, 4.69) is 208 Å². The minimum atomic E-state index is -0.216. The largest absolute Gasteiger partial charge is 0.457 e. The van der Waals surface area contributed by atoms with Crippen LogP contribution in [-0.4, -0.2) is 21.4 Å². The van der Waals surface area contributed by atoms with E-state index in [1.807, 2.05) is 6.20 Å². The molecule has 61 heavy (non-hydrogen) atoms. The second-order valence-electron chi connectivity index (χ2n) is 19.1. The maximum Gasteiger partial charge on any atom is 0.422 e. The van der Waals surface area contributed by atoms with Gasteiger partial charge in [0.25, 0.3) is 0 Å². The third-order valence-corrected chi connectivity index (χ3v) is 14.3. The van der Waals surface area contributed by atoms with E-state index in [9.17, 15) is 0 Å². The number of hydrogen-bond donors (Lipinski definition) is 0. The summed E-state index contributed by atoms with van der Waals surface area (Å²) < 4.78 is 9.42. The molecule has 9 aromatic rings. The van der Waals surface area contributed by atoms with Gasteiger partial charge in [-0.2, -0.15) is 0 Å². The molecule has 0 N–H and O–H groups in total. The fraction of sp³-hybridized carbons (Fsp3) is 0.185. The fourth-order valence-electron chi connectivity index (χ4n) is 10.5. The molecule has 296 valence electrons. The van der Waals surface area contributed by atoms with Gasteiger partial charge in [-0.15, -0.1) is 0 Å². The van der Waals surface area contributed by atoms with Crippen molar-refractivity contribution in [2.45, 2.75) is 64.7 Å². The molecule has 7 heteroatoms. The van der Waals surface area contributed by atoms with Crippen LogP contribution in [0, 0.1) is 0 Å². The van der Waals surface area contributed by atoms with Crippen LogP contribution in [0.2, 0.25) is 0 Å². The first-order valence-electron chi connectivity index (χ1n) is 21.4. The van der Waals surface area contributed by atoms with Crippen LogP contribution in [0.5, 0.6) is 11.5 Å². The van der Waals surface area contributed by atoms with Gasteiger partial charge in [-0.1, -0.05) is 139 Å². The van der Waals surface area contributed by atoms with Crippen molar-refractivity contribution in [1.82, 2.24) is 14.4 Å². The molecule has 6 aromatic carbocycles. The third-order valence-electron chi connectivity index (χ3n) is 14.3. The van der Waals surface area contributed by atoms with Gasteiger partial charge in [-0.05, 0) is 81.5 Å². The Labute approximate surface area is 357 Å². The average molecular weight is 792 g/mol. The molecule has 0 saturated carbocycles. The smallest absolute Gasteiger partial charge is 0.422 e. The maximum absolute atomic E-state index is 6.96. The van der Waals surface area contributed by atoms with Gasteiger partial charge >= 0.3 is 6.98 Å². The van der Waals surface area contributed by atoms with Crippen molar-refractivity contribution >= 4 is 62.6 Å². The molecule has 0 saturated heterocycles. The second kappa shape index (κ2) is 12.4. The minimum Gasteiger partial charge on any atom is -0.457 e. The van der Waals surface area contributed by atoms with E-state index in [0.29, 0.717) is 0 Å². The number of rotatable bonds is 4. The molecular formula is C54H46BN5O. The number of para-hydroxylation sites is 2. The standard InChI is InChI=1S/C54H46BN5O/c1-52(2,3)34-28-29-56-47(30-34)60-46-32-36(25-27-45(46)59-44-23-14-12-19-39(44)38-18-11-13-22-43(38)55(59)60)61-35-24-26-37-40-20-15-21-42-49(40)58-50(54(6,7)53(42,4)5)48(33-16-9-8-10-17-33)57-51(58)41(37)31-35/h8-32H,1-7H3. The Balaban J connectivity index is 1.04. The molecular weight excluding hydrogens is 745 g/mol. The molecule has 0 fully saturated rings. The molecule has 3 aliphatic heterocycles. The normalized spacial score (nSPS) is 15.6. The summed E-state index contributed by atoms with van der Waals surface area (Å²) in [5, 5.41) is 3.46. The highest BCUT2D eigenvalue weighted by Gasteiger charge is 2.50.